The van der Waals surface area contributed by atoms with Gasteiger partial charge in [0.1, 0.15) is 29.7 Å². The Bertz CT molecular complexity index is 1740. The summed E-state index contributed by atoms with van der Waals surface area (Å²) in [5.74, 6) is -0.668. The van der Waals surface area contributed by atoms with Crippen molar-refractivity contribution in [3.05, 3.63) is 125 Å². The second kappa shape index (κ2) is 12.6. The number of benzene rings is 3. The number of alkyl halides is 3. The van der Waals surface area contributed by atoms with Gasteiger partial charge in [-0.3, -0.25) is 4.79 Å². The summed E-state index contributed by atoms with van der Waals surface area (Å²) in [6.45, 7) is 0.0819. The molecule has 1 atom stereocenters. The maximum Gasteiger partial charge on any atom is 0.416 e. The fourth-order valence-corrected chi connectivity index (χ4v) is 4.52. The van der Waals surface area contributed by atoms with Crippen molar-refractivity contribution in [2.45, 2.75) is 25.2 Å². The molecule has 0 aliphatic rings. The first-order valence-corrected chi connectivity index (χ1v) is 13.5. The minimum atomic E-state index is -4.40. The number of pyridine rings is 1. The van der Waals surface area contributed by atoms with E-state index >= 15 is 0 Å². The van der Waals surface area contributed by atoms with Gasteiger partial charge < -0.3 is 19.2 Å². The number of amides is 1. The first-order chi connectivity index (χ1) is 20.6. The lowest BCUT2D eigenvalue weighted by Gasteiger charge is -2.16. The lowest BCUT2D eigenvalue weighted by atomic mass is 10.1. The van der Waals surface area contributed by atoms with Gasteiger partial charge in [-0.05, 0) is 70.8 Å². The molecule has 220 valence electrons. The molecule has 3 aromatic carbocycles. The minimum absolute atomic E-state index is 0.0819. The van der Waals surface area contributed by atoms with Crippen LogP contribution in [0.4, 0.5) is 13.2 Å². The van der Waals surface area contributed by atoms with Crippen molar-refractivity contribution in [3.63, 3.8) is 0 Å². The highest BCUT2D eigenvalue weighted by molar-refractivity contribution is 6.30. The van der Waals surface area contributed by atoms with Crippen LogP contribution in [0.5, 0.6) is 5.75 Å². The lowest BCUT2D eigenvalue weighted by molar-refractivity contribution is -0.143. The monoisotopic (exact) mass is 607 g/mol. The van der Waals surface area contributed by atoms with E-state index in [-0.39, 0.29) is 18.7 Å². The van der Waals surface area contributed by atoms with Crippen molar-refractivity contribution in [2.24, 2.45) is 0 Å². The number of hydrogen-bond donors (Lipinski definition) is 1. The van der Waals surface area contributed by atoms with Crippen LogP contribution in [0.1, 0.15) is 27.2 Å². The maximum atomic E-state index is 13.1. The van der Waals surface area contributed by atoms with E-state index in [9.17, 15) is 22.8 Å². The Morgan fingerprint density at radius 2 is 1.60 bits per heavy atom. The molecule has 0 radical (unpaired) electrons. The number of esters is 1. The van der Waals surface area contributed by atoms with E-state index in [0.717, 1.165) is 28.8 Å². The largest absolute Gasteiger partial charge is 0.489 e. The third kappa shape index (κ3) is 7.34. The van der Waals surface area contributed by atoms with E-state index in [1.807, 2.05) is 24.3 Å². The molecule has 7 nitrogen and oxygen atoms in total. The number of aromatic nitrogens is 2. The molecular weight excluding hydrogens is 583 g/mol. The average Bonchev–Trinajstić information content (AvgIpc) is 3.44. The molecule has 1 amide bonds. The molecule has 1 N–H and O–H groups in total. The van der Waals surface area contributed by atoms with Crippen molar-refractivity contribution < 1.29 is 32.2 Å². The van der Waals surface area contributed by atoms with Gasteiger partial charge in [0.2, 0.25) is 0 Å². The predicted octanol–water partition coefficient (Wildman–Crippen LogP) is 6.77. The summed E-state index contributed by atoms with van der Waals surface area (Å²) >= 11 is 5.99. The zero-order valence-electron chi connectivity index (χ0n) is 22.8. The van der Waals surface area contributed by atoms with Gasteiger partial charge >= 0.3 is 12.1 Å². The zero-order chi connectivity index (χ0) is 30.6. The van der Waals surface area contributed by atoms with Crippen molar-refractivity contribution in [1.29, 1.82) is 0 Å². The summed E-state index contributed by atoms with van der Waals surface area (Å²) in [6, 6.07) is 21.7. The highest BCUT2D eigenvalue weighted by Crippen LogP contribution is 2.29. The number of nitrogens with zero attached hydrogens (tertiary/aromatic N) is 2. The Labute approximate surface area is 249 Å². The molecule has 5 rings (SSSR count). The summed E-state index contributed by atoms with van der Waals surface area (Å²) < 4.78 is 50.6. The third-order valence-electron chi connectivity index (χ3n) is 6.71. The molecule has 2 aromatic heterocycles. The molecule has 0 aliphatic heterocycles. The predicted molar refractivity (Wildman–Crippen MR) is 155 cm³/mol. The number of halogens is 4. The summed E-state index contributed by atoms with van der Waals surface area (Å²) in [6.07, 6.45) is -0.882. The number of imidazole rings is 1. The SMILES string of the molecule is COC(=O)[C@H](Cc1ccc(OCc2ccc(C(F)(F)F)cc2)cc1)NC(=O)c1cn2ccc(-c3ccc(Cl)cc3)cc2n1. The van der Waals surface area contributed by atoms with E-state index in [4.69, 9.17) is 21.1 Å². The molecule has 0 saturated carbocycles. The minimum Gasteiger partial charge on any atom is -0.489 e. The smallest absolute Gasteiger partial charge is 0.416 e. The molecule has 11 heteroatoms. The molecule has 5 aromatic rings. The van der Waals surface area contributed by atoms with Gasteiger partial charge in [0.15, 0.2) is 0 Å². The molecular formula is C32H25ClF3N3O4. The topological polar surface area (TPSA) is 81.9 Å². The third-order valence-corrected chi connectivity index (χ3v) is 6.96. The molecule has 2 heterocycles. The van der Waals surface area contributed by atoms with Crippen LogP contribution in [-0.4, -0.2) is 34.4 Å². The molecule has 0 unspecified atom stereocenters. The maximum absolute atomic E-state index is 13.1. The van der Waals surface area contributed by atoms with Gasteiger partial charge in [-0.2, -0.15) is 13.2 Å². The molecule has 0 bridgehead atoms. The van der Waals surface area contributed by atoms with Gasteiger partial charge in [0, 0.05) is 23.8 Å². The van der Waals surface area contributed by atoms with Gasteiger partial charge in [-0.15, -0.1) is 0 Å². The number of hydrogen-bond acceptors (Lipinski definition) is 5. The van der Waals surface area contributed by atoms with Crippen molar-refractivity contribution in [3.8, 4) is 16.9 Å². The average molecular weight is 608 g/mol. The van der Waals surface area contributed by atoms with Gasteiger partial charge in [0.25, 0.3) is 5.91 Å². The van der Waals surface area contributed by atoms with E-state index in [2.05, 4.69) is 10.3 Å². The Morgan fingerprint density at radius 3 is 2.26 bits per heavy atom. The number of carbonyl (C=O) groups is 2. The van der Waals surface area contributed by atoms with Crippen LogP contribution in [0.25, 0.3) is 16.8 Å². The first kappa shape index (κ1) is 29.7. The zero-order valence-corrected chi connectivity index (χ0v) is 23.5. The number of carbonyl (C=O) groups excluding carboxylic acids is 2. The van der Waals surface area contributed by atoms with Crippen LogP contribution in [0.15, 0.2) is 97.3 Å². The van der Waals surface area contributed by atoms with Crippen molar-refractivity contribution in [1.82, 2.24) is 14.7 Å². The summed E-state index contributed by atoms with van der Waals surface area (Å²) in [7, 11) is 1.24. The molecule has 0 saturated heterocycles. The Kier molecular flexibility index (Phi) is 8.68. The second-order valence-corrected chi connectivity index (χ2v) is 10.1. The molecule has 0 spiro atoms. The normalized spacial score (nSPS) is 12.1. The number of ether oxygens (including phenoxy) is 2. The Balaban J connectivity index is 1.22. The number of rotatable bonds is 9. The molecule has 43 heavy (non-hydrogen) atoms. The van der Waals surface area contributed by atoms with E-state index < -0.39 is 29.7 Å². The first-order valence-electron chi connectivity index (χ1n) is 13.1. The van der Waals surface area contributed by atoms with Gasteiger partial charge in [-0.1, -0.05) is 48.0 Å². The highest BCUT2D eigenvalue weighted by atomic mass is 35.5. The summed E-state index contributed by atoms with van der Waals surface area (Å²) in [5.41, 5.74) is 3.12. The van der Waals surface area contributed by atoms with E-state index in [0.29, 0.717) is 22.0 Å². The van der Waals surface area contributed by atoms with Crippen LogP contribution in [0, 0.1) is 0 Å². The quantitative estimate of drug-likeness (QED) is 0.187. The lowest BCUT2D eigenvalue weighted by Crippen LogP contribution is -2.43. The van der Waals surface area contributed by atoms with Crippen LogP contribution < -0.4 is 10.1 Å². The standard InChI is InChI=1S/C32H25ClF3N3O4/c1-42-31(41)27(16-20-4-12-26(13-5-20)43-19-21-2-8-24(9-3-21)32(34,35)36)38-30(40)28-18-39-15-14-23(17-29(39)37-28)22-6-10-25(33)11-7-22/h2-15,17-18,27H,16,19H2,1H3,(H,38,40)/t27-/m0/s1. The van der Waals surface area contributed by atoms with Crippen molar-refractivity contribution in [2.75, 3.05) is 7.11 Å². The van der Waals surface area contributed by atoms with Crippen molar-refractivity contribution >= 4 is 29.1 Å². The highest BCUT2D eigenvalue weighted by Gasteiger charge is 2.30. The second-order valence-electron chi connectivity index (χ2n) is 9.69. The van der Waals surface area contributed by atoms with E-state index in [1.165, 1.54) is 19.2 Å². The van der Waals surface area contributed by atoms with Crippen LogP contribution in [0.3, 0.4) is 0 Å². The van der Waals surface area contributed by atoms with E-state index in [1.54, 1.807) is 53.2 Å². The van der Waals surface area contributed by atoms with Gasteiger partial charge in [0.05, 0.1) is 12.7 Å². The fourth-order valence-electron chi connectivity index (χ4n) is 4.40. The summed E-state index contributed by atoms with van der Waals surface area (Å²) in [4.78, 5) is 30.0. The van der Waals surface area contributed by atoms with Crippen LogP contribution in [0.2, 0.25) is 5.02 Å². The Morgan fingerprint density at radius 1 is 0.930 bits per heavy atom. The summed E-state index contributed by atoms with van der Waals surface area (Å²) in [5, 5.41) is 3.34. The van der Waals surface area contributed by atoms with Crippen LogP contribution in [-0.2, 0) is 28.7 Å². The fraction of sp³-hybridized carbons (Fsp3) is 0.156. The molecule has 0 fully saturated rings. The Hall–Kier alpha value is -4.83. The molecule has 0 aliphatic carbocycles. The number of fused-ring (bicyclic) bond motifs is 1. The van der Waals surface area contributed by atoms with Crippen LogP contribution >= 0.6 is 11.6 Å². The van der Waals surface area contributed by atoms with Gasteiger partial charge in [-0.25, -0.2) is 9.78 Å². The number of methoxy groups -OCH3 is 1. The number of nitrogens with one attached hydrogen (secondary N) is 1.